The molecule has 1 aromatic rings. The Bertz CT molecular complexity index is 285. The van der Waals surface area contributed by atoms with Gasteiger partial charge in [-0.1, -0.05) is 29.8 Å². The van der Waals surface area contributed by atoms with Gasteiger partial charge in [0.1, 0.15) is 5.78 Å². The molecule has 0 saturated carbocycles. The Balaban J connectivity index is 2.25. The van der Waals surface area contributed by atoms with Crippen LogP contribution in [0.25, 0.3) is 0 Å². The molecule has 0 aliphatic heterocycles. The summed E-state index contributed by atoms with van der Waals surface area (Å²) >= 11 is 0. The molecule has 76 valence electrons. The Morgan fingerprint density at radius 1 is 1.14 bits per heavy atom. The zero-order chi connectivity index (χ0) is 10.4. The SMILES string of the molecule is CC(=O)CCCCc1ccc(C)cc1. The minimum Gasteiger partial charge on any atom is -0.300 e. The van der Waals surface area contributed by atoms with Crippen LogP contribution < -0.4 is 0 Å². The lowest BCUT2D eigenvalue weighted by molar-refractivity contribution is -0.117. The zero-order valence-corrected chi connectivity index (χ0v) is 9.05. The average molecular weight is 190 g/mol. The maximum atomic E-state index is 10.7. The van der Waals surface area contributed by atoms with Crippen LogP contribution in [0.1, 0.15) is 37.3 Å². The first-order valence-corrected chi connectivity index (χ1v) is 5.23. The number of carbonyl (C=O) groups excluding carboxylic acids is 1. The molecule has 0 spiro atoms. The van der Waals surface area contributed by atoms with E-state index in [1.807, 2.05) is 0 Å². The molecule has 0 unspecified atom stereocenters. The van der Waals surface area contributed by atoms with Crippen molar-refractivity contribution in [1.29, 1.82) is 0 Å². The number of unbranched alkanes of at least 4 members (excludes halogenated alkanes) is 1. The number of hydrogen-bond donors (Lipinski definition) is 0. The predicted octanol–water partition coefficient (Wildman–Crippen LogP) is 3.30. The molecular weight excluding hydrogens is 172 g/mol. The van der Waals surface area contributed by atoms with Crippen LogP contribution in [-0.4, -0.2) is 5.78 Å². The highest BCUT2D eigenvalue weighted by molar-refractivity contribution is 5.75. The fourth-order valence-corrected chi connectivity index (χ4v) is 1.46. The molecule has 0 aromatic heterocycles. The molecule has 0 fully saturated rings. The van der Waals surface area contributed by atoms with E-state index in [2.05, 4.69) is 31.2 Å². The van der Waals surface area contributed by atoms with E-state index in [0.717, 1.165) is 25.7 Å². The maximum Gasteiger partial charge on any atom is 0.129 e. The number of hydrogen-bond acceptors (Lipinski definition) is 1. The number of aryl methyl sites for hydroxylation is 2. The molecule has 14 heavy (non-hydrogen) atoms. The maximum absolute atomic E-state index is 10.7. The molecule has 0 atom stereocenters. The lowest BCUT2D eigenvalue weighted by Gasteiger charge is -2.01. The van der Waals surface area contributed by atoms with Crippen molar-refractivity contribution in [3.8, 4) is 0 Å². The molecule has 1 nitrogen and oxygen atoms in total. The van der Waals surface area contributed by atoms with Crippen molar-refractivity contribution >= 4 is 5.78 Å². The van der Waals surface area contributed by atoms with Crippen LogP contribution in [0, 0.1) is 6.92 Å². The largest absolute Gasteiger partial charge is 0.300 e. The third-order valence-electron chi connectivity index (χ3n) is 2.36. The molecule has 0 aliphatic rings. The van der Waals surface area contributed by atoms with Gasteiger partial charge in [-0.3, -0.25) is 0 Å². The molecule has 1 aromatic carbocycles. The Morgan fingerprint density at radius 3 is 2.36 bits per heavy atom. The van der Waals surface area contributed by atoms with Crippen LogP contribution >= 0.6 is 0 Å². The molecule has 0 N–H and O–H groups in total. The Labute approximate surface area is 86.1 Å². The van der Waals surface area contributed by atoms with E-state index in [4.69, 9.17) is 0 Å². The van der Waals surface area contributed by atoms with Gasteiger partial charge in [0.05, 0.1) is 0 Å². The molecule has 0 amide bonds. The summed E-state index contributed by atoms with van der Waals surface area (Å²) < 4.78 is 0. The van der Waals surface area contributed by atoms with Crippen molar-refractivity contribution in [3.05, 3.63) is 35.4 Å². The van der Waals surface area contributed by atoms with Crippen LogP contribution in [-0.2, 0) is 11.2 Å². The van der Waals surface area contributed by atoms with Crippen molar-refractivity contribution in [3.63, 3.8) is 0 Å². The number of rotatable bonds is 5. The highest BCUT2D eigenvalue weighted by Crippen LogP contribution is 2.08. The minimum atomic E-state index is 0.300. The summed E-state index contributed by atoms with van der Waals surface area (Å²) in [6.07, 6.45) is 3.95. The molecule has 0 heterocycles. The summed E-state index contributed by atoms with van der Waals surface area (Å²) in [6, 6.07) is 8.62. The van der Waals surface area contributed by atoms with E-state index >= 15 is 0 Å². The van der Waals surface area contributed by atoms with Crippen LogP contribution in [0.3, 0.4) is 0 Å². The van der Waals surface area contributed by atoms with Crippen molar-refractivity contribution in [2.75, 3.05) is 0 Å². The average Bonchev–Trinajstić information content (AvgIpc) is 2.15. The van der Waals surface area contributed by atoms with Gasteiger partial charge < -0.3 is 4.79 Å². The van der Waals surface area contributed by atoms with Gasteiger partial charge in [0, 0.05) is 6.42 Å². The van der Waals surface area contributed by atoms with Crippen molar-refractivity contribution in [2.45, 2.75) is 39.5 Å². The van der Waals surface area contributed by atoms with E-state index in [1.54, 1.807) is 6.92 Å². The second kappa shape index (κ2) is 5.58. The fraction of sp³-hybridized carbons (Fsp3) is 0.462. The van der Waals surface area contributed by atoms with Gasteiger partial charge in [0.2, 0.25) is 0 Å². The summed E-state index contributed by atoms with van der Waals surface area (Å²) in [4.78, 5) is 10.7. The lowest BCUT2D eigenvalue weighted by atomic mass is 10.0. The van der Waals surface area contributed by atoms with Gasteiger partial charge >= 0.3 is 0 Å². The van der Waals surface area contributed by atoms with Crippen LogP contribution in [0.4, 0.5) is 0 Å². The Kier molecular flexibility index (Phi) is 4.37. The van der Waals surface area contributed by atoms with E-state index in [-0.39, 0.29) is 0 Å². The Hall–Kier alpha value is -1.11. The van der Waals surface area contributed by atoms with Gasteiger partial charge in [-0.25, -0.2) is 0 Å². The molecule has 0 saturated heterocycles. The third kappa shape index (κ3) is 4.22. The minimum absolute atomic E-state index is 0.300. The van der Waals surface area contributed by atoms with E-state index in [0.29, 0.717) is 5.78 Å². The summed E-state index contributed by atoms with van der Waals surface area (Å²) in [7, 11) is 0. The molecule has 0 radical (unpaired) electrons. The van der Waals surface area contributed by atoms with E-state index in [1.165, 1.54) is 11.1 Å². The zero-order valence-electron chi connectivity index (χ0n) is 9.05. The summed E-state index contributed by atoms with van der Waals surface area (Å²) in [6.45, 7) is 3.76. The third-order valence-corrected chi connectivity index (χ3v) is 2.36. The second-order valence-corrected chi connectivity index (χ2v) is 3.89. The molecule has 1 heteroatoms. The second-order valence-electron chi connectivity index (χ2n) is 3.89. The first-order chi connectivity index (χ1) is 6.68. The van der Waals surface area contributed by atoms with Crippen molar-refractivity contribution < 1.29 is 4.79 Å². The monoisotopic (exact) mass is 190 g/mol. The quantitative estimate of drug-likeness (QED) is 0.651. The number of benzene rings is 1. The lowest BCUT2D eigenvalue weighted by Crippen LogP contribution is -1.91. The summed E-state index contributed by atoms with van der Waals surface area (Å²) in [5, 5.41) is 0. The van der Waals surface area contributed by atoms with Crippen LogP contribution in [0.5, 0.6) is 0 Å². The first-order valence-electron chi connectivity index (χ1n) is 5.23. The standard InChI is InChI=1S/C13H18O/c1-11-7-9-13(10-8-11)6-4-3-5-12(2)14/h7-10H,3-6H2,1-2H3. The number of carbonyl (C=O) groups is 1. The number of ketones is 1. The molecule has 0 aliphatic carbocycles. The summed E-state index contributed by atoms with van der Waals surface area (Å²) in [5.41, 5.74) is 2.68. The predicted molar refractivity (Wildman–Crippen MR) is 59.4 cm³/mol. The van der Waals surface area contributed by atoms with Crippen molar-refractivity contribution in [1.82, 2.24) is 0 Å². The van der Waals surface area contributed by atoms with Crippen LogP contribution in [0.2, 0.25) is 0 Å². The van der Waals surface area contributed by atoms with Gasteiger partial charge in [0.25, 0.3) is 0 Å². The van der Waals surface area contributed by atoms with Crippen LogP contribution in [0.15, 0.2) is 24.3 Å². The van der Waals surface area contributed by atoms with Gasteiger partial charge in [-0.2, -0.15) is 0 Å². The summed E-state index contributed by atoms with van der Waals surface area (Å²) in [5.74, 6) is 0.300. The molecular formula is C13H18O. The first kappa shape index (κ1) is 11.0. The topological polar surface area (TPSA) is 17.1 Å². The highest BCUT2D eigenvalue weighted by atomic mass is 16.1. The number of Topliss-reactive ketones (excluding diaryl/α,β-unsaturated/α-hetero) is 1. The van der Waals surface area contributed by atoms with Gasteiger partial charge in [-0.05, 0) is 38.7 Å². The van der Waals surface area contributed by atoms with Gasteiger partial charge in [0.15, 0.2) is 0 Å². The normalized spacial score (nSPS) is 10.1. The Morgan fingerprint density at radius 2 is 1.79 bits per heavy atom. The van der Waals surface area contributed by atoms with E-state index < -0.39 is 0 Å². The fourth-order valence-electron chi connectivity index (χ4n) is 1.46. The van der Waals surface area contributed by atoms with E-state index in [9.17, 15) is 4.79 Å². The smallest absolute Gasteiger partial charge is 0.129 e. The molecule has 1 rings (SSSR count). The van der Waals surface area contributed by atoms with Crippen molar-refractivity contribution in [2.24, 2.45) is 0 Å². The van der Waals surface area contributed by atoms with Gasteiger partial charge in [-0.15, -0.1) is 0 Å². The highest BCUT2D eigenvalue weighted by Gasteiger charge is 1.95. The molecule has 0 bridgehead atoms.